The summed E-state index contributed by atoms with van der Waals surface area (Å²) < 4.78 is 5.55. The van der Waals surface area contributed by atoms with Crippen LogP contribution in [-0.4, -0.2) is 35.6 Å². The van der Waals surface area contributed by atoms with E-state index in [-0.39, 0.29) is 18.0 Å². The number of hydrogen-bond acceptors (Lipinski definition) is 6. The third kappa shape index (κ3) is 3.88. The van der Waals surface area contributed by atoms with Crippen LogP contribution in [0.15, 0.2) is 36.5 Å². The maximum Gasteiger partial charge on any atom is 0.126 e. The highest BCUT2D eigenvalue weighted by Crippen LogP contribution is 2.44. The second-order valence-corrected chi connectivity index (χ2v) is 8.51. The highest BCUT2D eigenvalue weighted by molar-refractivity contribution is 5.62. The van der Waals surface area contributed by atoms with Gasteiger partial charge in [0.25, 0.3) is 0 Å². The molecule has 6 heteroatoms. The Labute approximate surface area is 178 Å². The van der Waals surface area contributed by atoms with E-state index in [0.29, 0.717) is 11.5 Å². The van der Waals surface area contributed by atoms with Gasteiger partial charge in [0, 0.05) is 37.1 Å². The molecule has 30 heavy (non-hydrogen) atoms. The normalized spacial score (nSPS) is 25.3. The zero-order chi connectivity index (χ0) is 21.3. The summed E-state index contributed by atoms with van der Waals surface area (Å²) in [7, 11) is 0. The molecule has 4 atom stereocenters. The SMILES string of the molecule is CC1C(Nc2ccc(C#N)cn2)c2cc(C3CCOCC3)ccc2N(C(C)O)[C@H]1C. The lowest BCUT2D eigenvalue weighted by Crippen LogP contribution is -2.50. The van der Waals surface area contributed by atoms with Gasteiger partial charge in [0.15, 0.2) is 0 Å². The quantitative estimate of drug-likeness (QED) is 0.793. The molecule has 1 aromatic carbocycles. The van der Waals surface area contributed by atoms with Crippen molar-refractivity contribution in [2.75, 3.05) is 23.4 Å². The molecular weight excluding hydrogens is 376 g/mol. The van der Waals surface area contributed by atoms with Crippen LogP contribution in [0.1, 0.15) is 62.3 Å². The molecule has 3 heterocycles. The van der Waals surface area contributed by atoms with E-state index in [1.54, 1.807) is 12.3 Å². The van der Waals surface area contributed by atoms with Gasteiger partial charge in [-0.2, -0.15) is 5.26 Å². The molecule has 4 rings (SSSR count). The average Bonchev–Trinajstić information content (AvgIpc) is 2.77. The Morgan fingerprint density at radius 1 is 1.23 bits per heavy atom. The molecule has 1 saturated heterocycles. The molecule has 0 bridgehead atoms. The number of aromatic nitrogens is 1. The molecule has 158 valence electrons. The summed E-state index contributed by atoms with van der Waals surface area (Å²) in [4.78, 5) is 6.54. The van der Waals surface area contributed by atoms with E-state index in [1.807, 2.05) is 13.0 Å². The van der Waals surface area contributed by atoms with Crippen LogP contribution in [0.4, 0.5) is 11.5 Å². The molecule has 0 radical (unpaired) electrons. The first-order chi connectivity index (χ1) is 14.5. The number of pyridine rings is 1. The van der Waals surface area contributed by atoms with Crippen LogP contribution in [0.2, 0.25) is 0 Å². The number of ether oxygens (including phenoxy) is 1. The Morgan fingerprint density at radius 3 is 2.63 bits per heavy atom. The Bertz CT molecular complexity index is 916. The first kappa shape index (κ1) is 20.6. The zero-order valence-corrected chi connectivity index (χ0v) is 17.9. The standard InChI is InChI=1S/C24H30N4O2/c1-15-16(2)28(17(3)29)22-6-5-20(19-8-10-30-11-9-19)12-21(22)24(15)27-23-7-4-18(13-25)14-26-23/h4-7,12,14-17,19,24,29H,8-11H2,1-3H3,(H,26,27)/t15?,16-,17?,24?/m0/s1. The fourth-order valence-electron chi connectivity index (χ4n) is 4.83. The summed E-state index contributed by atoms with van der Waals surface area (Å²) in [5, 5.41) is 23.2. The number of anilines is 2. The van der Waals surface area contributed by atoms with E-state index in [2.05, 4.69) is 53.3 Å². The van der Waals surface area contributed by atoms with Crippen molar-refractivity contribution in [2.24, 2.45) is 5.92 Å². The summed E-state index contributed by atoms with van der Waals surface area (Å²) in [5.41, 5.74) is 4.14. The second kappa shape index (κ2) is 8.63. The van der Waals surface area contributed by atoms with E-state index in [0.717, 1.165) is 37.6 Å². The van der Waals surface area contributed by atoms with Crippen LogP contribution in [-0.2, 0) is 4.74 Å². The lowest BCUT2D eigenvalue weighted by molar-refractivity contribution is 0.0853. The fraction of sp³-hybridized carbons (Fsp3) is 0.500. The summed E-state index contributed by atoms with van der Waals surface area (Å²) in [5.74, 6) is 1.51. The highest BCUT2D eigenvalue weighted by atomic mass is 16.5. The van der Waals surface area contributed by atoms with E-state index in [4.69, 9.17) is 10.00 Å². The monoisotopic (exact) mass is 406 g/mol. The van der Waals surface area contributed by atoms with Crippen molar-refractivity contribution in [3.8, 4) is 6.07 Å². The fourth-order valence-corrected chi connectivity index (χ4v) is 4.83. The number of benzene rings is 1. The third-order valence-corrected chi connectivity index (χ3v) is 6.68. The molecule has 0 amide bonds. The van der Waals surface area contributed by atoms with Gasteiger partial charge in [-0.3, -0.25) is 0 Å². The van der Waals surface area contributed by atoms with E-state index >= 15 is 0 Å². The van der Waals surface area contributed by atoms with Crippen LogP contribution >= 0.6 is 0 Å². The lowest BCUT2D eigenvalue weighted by atomic mass is 9.80. The van der Waals surface area contributed by atoms with Crippen molar-refractivity contribution in [3.63, 3.8) is 0 Å². The minimum atomic E-state index is -0.566. The molecule has 1 fully saturated rings. The van der Waals surface area contributed by atoms with Gasteiger partial charge in [-0.15, -0.1) is 0 Å². The van der Waals surface area contributed by atoms with E-state index in [9.17, 15) is 5.11 Å². The molecule has 2 aliphatic heterocycles. The molecular formula is C24H30N4O2. The smallest absolute Gasteiger partial charge is 0.126 e. The minimum absolute atomic E-state index is 0.0604. The summed E-state index contributed by atoms with van der Waals surface area (Å²) >= 11 is 0. The number of rotatable bonds is 4. The summed E-state index contributed by atoms with van der Waals surface area (Å²) in [6.07, 6.45) is 3.12. The Kier molecular flexibility index (Phi) is 5.94. The second-order valence-electron chi connectivity index (χ2n) is 8.51. The molecule has 3 unspecified atom stereocenters. The minimum Gasteiger partial charge on any atom is -0.381 e. The van der Waals surface area contributed by atoms with Crippen molar-refractivity contribution in [1.82, 2.24) is 4.98 Å². The first-order valence-electron chi connectivity index (χ1n) is 10.8. The van der Waals surface area contributed by atoms with Crippen LogP contribution in [0.5, 0.6) is 0 Å². The molecule has 2 aromatic rings. The van der Waals surface area contributed by atoms with Crippen LogP contribution in [0, 0.1) is 17.2 Å². The summed E-state index contributed by atoms with van der Waals surface area (Å²) in [6.45, 7) is 7.83. The van der Waals surface area contributed by atoms with Gasteiger partial charge in [0.1, 0.15) is 18.1 Å². The van der Waals surface area contributed by atoms with Crippen LogP contribution < -0.4 is 10.2 Å². The molecule has 0 aliphatic carbocycles. The number of nitrogens with one attached hydrogen (secondary N) is 1. The Hall–Kier alpha value is -2.62. The number of nitriles is 1. The molecule has 0 spiro atoms. The first-order valence-corrected chi connectivity index (χ1v) is 10.8. The molecule has 1 aromatic heterocycles. The van der Waals surface area contributed by atoms with E-state index < -0.39 is 6.23 Å². The van der Waals surface area contributed by atoms with Crippen molar-refractivity contribution >= 4 is 11.5 Å². The number of fused-ring (bicyclic) bond motifs is 1. The van der Waals surface area contributed by atoms with Gasteiger partial charge in [0.05, 0.1) is 11.6 Å². The molecule has 6 nitrogen and oxygen atoms in total. The number of hydrogen-bond donors (Lipinski definition) is 2. The van der Waals surface area contributed by atoms with Gasteiger partial charge in [0.2, 0.25) is 0 Å². The number of aliphatic hydroxyl groups excluding tert-OH is 1. The van der Waals surface area contributed by atoms with Gasteiger partial charge >= 0.3 is 0 Å². The van der Waals surface area contributed by atoms with Crippen molar-refractivity contribution in [2.45, 2.75) is 57.8 Å². The number of nitrogens with zero attached hydrogens (tertiary/aromatic N) is 3. The van der Waals surface area contributed by atoms with Crippen molar-refractivity contribution < 1.29 is 9.84 Å². The lowest BCUT2D eigenvalue weighted by Gasteiger charge is -2.47. The predicted molar refractivity (Wildman–Crippen MR) is 117 cm³/mol. The third-order valence-electron chi connectivity index (χ3n) is 6.68. The van der Waals surface area contributed by atoms with Crippen LogP contribution in [0.3, 0.4) is 0 Å². The summed E-state index contributed by atoms with van der Waals surface area (Å²) in [6, 6.07) is 12.7. The molecule has 0 saturated carbocycles. The predicted octanol–water partition coefficient (Wildman–Crippen LogP) is 4.18. The maximum atomic E-state index is 10.5. The van der Waals surface area contributed by atoms with Crippen LogP contribution in [0.25, 0.3) is 0 Å². The van der Waals surface area contributed by atoms with E-state index in [1.165, 1.54) is 11.1 Å². The molecule has 2 aliphatic rings. The topological polar surface area (TPSA) is 81.4 Å². The molecule has 2 N–H and O–H groups in total. The van der Waals surface area contributed by atoms with Gasteiger partial charge in [-0.1, -0.05) is 19.1 Å². The number of aliphatic hydroxyl groups is 1. The van der Waals surface area contributed by atoms with Gasteiger partial charge < -0.3 is 20.1 Å². The van der Waals surface area contributed by atoms with Crippen molar-refractivity contribution in [1.29, 1.82) is 5.26 Å². The highest BCUT2D eigenvalue weighted by Gasteiger charge is 2.38. The largest absolute Gasteiger partial charge is 0.381 e. The van der Waals surface area contributed by atoms with Gasteiger partial charge in [-0.05, 0) is 61.9 Å². The maximum absolute atomic E-state index is 10.5. The average molecular weight is 407 g/mol. The zero-order valence-electron chi connectivity index (χ0n) is 17.9. The van der Waals surface area contributed by atoms with Crippen molar-refractivity contribution in [3.05, 3.63) is 53.2 Å². The van der Waals surface area contributed by atoms with Gasteiger partial charge in [-0.25, -0.2) is 4.98 Å². The Morgan fingerprint density at radius 2 is 2.00 bits per heavy atom. The Balaban J connectivity index is 1.73.